The summed E-state index contributed by atoms with van der Waals surface area (Å²) in [5.41, 5.74) is 0.452. The summed E-state index contributed by atoms with van der Waals surface area (Å²) in [6.07, 6.45) is 10.1. The molecule has 0 aromatic rings. The largest absolute Gasteiger partial charge is 0.393 e. The molecule has 21 heavy (non-hydrogen) atoms. The lowest BCUT2D eigenvalue weighted by Crippen LogP contribution is -2.54. The first-order valence-electron chi connectivity index (χ1n) is 9.16. The first kappa shape index (κ1) is 14.2. The van der Waals surface area contributed by atoms with Crippen LogP contribution in [0.25, 0.3) is 0 Å². The predicted octanol–water partition coefficient (Wildman–Crippen LogP) is 3.96. The molecule has 0 amide bonds. The minimum absolute atomic E-state index is 0.0124. The van der Waals surface area contributed by atoms with Gasteiger partial charge in [0.25, 0.3) is 0 Å². The first-order valence-corrected chi connectivity index (χ1v) is 9.16. The minimum atomic E-state index is -0.0541. The fourth-order valence-electron chi connectivity index (χ4n) is 7.01. The van der Waals surface area contributed by atoms with Gasteiger partial charge >= 0.3 is 0 Å². The number of aliphatic hydroxyl groups excluding tert-OH is 1. The molecule has 0 aromatic carbocycles. The molecule has 2 nitrogen and oxygen atoms in total. The summed E-state index contributed by atoms with van der Waals surface area (Å²) < 4.78 is 0. The molecule has 118 valence electrons. The van der Waals surface area contributed by atoms with Crippen LogP contribution in [0.3, 0.4) is 0 Å². The highest BCUT2D eigenvalue weighted by molar-refractivity contribution is 5.87. The summed E-state index contributed by atoms with van der Waals surface area (Å²) in [4.78, 5) is 12.4. The fraction of sp³-hybridized carbons (Fsp3) is 0.947. The molecule has 0 radical (unpaired) electrons. The monoisotopic (exact) mass is 290 g/mol. The van der Waals surface area contributed by atoms with Gasteiger partial charge in [0, 0.05) is 11.8 Å². The third-order valence-electron chi connectivity index (χ3n) is 8.35. The van der Waals surface area contributed by atoms with Crippen LogP contribution in [0, 0.1) is 34.5 Å². The molecular formula is C19H30O2. The Kier molecular flexibility index (Phi) is 3.10. The van der Waals surface area contributed by atoms with Crippen LogP contribution in [-0.4, -0.2) is 17.0 Å². The lowest BCUT2D eigenvalue weighted by Gasteiger charge is -2.60. The van der Waals surface area contributed by atoms with E-state index in [-0.39, 0.29) is 11.5 Å². The quantitative estimate of drug-likeness (QED) is 0.733. The van der Waals surface area contributed by atoms with Gasteiger partial charge in [-0.3, -0.25) is 4.79 Å². The van der Waals surface area contributed by atoms with E-state index in [2.05, 4.69) is 13.8 Å². The number of Topliss-reactive ketones (excluding diaryl/α,β-unsaturated/α-hetero) is 1. The average molecular weight is 290 g/mol. The van der Waals surface area contributed by atoms with E-state index in [4.69, 9.17) is 0 Å². The molecule has 0 unspecified atom stereocenters. The Balaban J connectivity index is 1.64. The van der Waals surface area contributed by atoms with E-state index in [1.54, 1.807) is 0 Å². The lowest BCUT2D eigenvalue weighted by molar-refractivity contribution is -0.142. The number of hydrogen-bond donors (Lipinski definition) is 1. The summed E-state index contributed by atoms with van der Waals surface area (Å²) in [7, 11) is 0. The van der Waals surface area contributed by atoms with E-state index in [9.17, 15) is 9.90 Å². The van der Waals surface area contributed by atoms with Gasteiger partial charge in [0.1, 0.15) is 5.78 Å². The third-order valence-corrected chi connectivity index (χ3v) is 8.35. The Labute approximate surface area is 128 Å². The standard InChI is InChI=1S/C19H30O2/c1-18-9-7-13(20)11-12(18)3-4-14-15-5-6-17(21)19(15,2)10-8-16(14)18/h12-16,20H,3-11H2,1-2H3/t12-,13-,14-,15+,16+,18-,19+/m1/s1. The van der Waals surface area contributed by atoms with Crippen molar-refractivity contribution in [3.63, 3.8) is 0 Å². The molecule has 4 aliphatic carbocycles. The van der Waals surface area contributed by atoms with E-state index in [0.717, 1.165) is 49.9 Å². The molecule has 0 bridgehead atoms. The number of fused-ring (bicyclic) bond motifs is 5. The number of rotatable bonds is 0. The first-order chi connectivity index (χ1) is 9.95. The van der Waals surface area contributed by atoms with Crippen molar-refractivity contribution in [2.45, 2.75) is 77.7 Å². The van der Waals surface area contributed by atoms with Crippen molar-refractivity contribution >= 4 is 5.78 Å². The topological polar surface area (TPSA) is 37.3 Å². The number of hydrogen-bond acceptors (Lipinski definition) is 2. The second kappa shape index (κ2) is 4.57. The maximum atomic E-state index is 12.4. The third kappa shape index (κ3) is 1.84. The highest BCUT2D eigenvalue weighted by Crippen LogP contribution is 2.65. The van der Waals surface area contributed by atoms with Gasteiger partial charge in [0.05, 0.1) is 6.10 Å². The van der Waals surface area contributed by atoms with Gasteiger partial charge in [0.2, 0.25) is 0 Å². The molecule has 0 spiro atoms. The molecule has 2 heteroatoms. The smallest absolute Gasteiger partial charge is 0.139 e. The van der Waals surface area contributed by atoms with Gasteiger partial charge < -0.3 is 5.11 Å². The molecule has 4 fully saturated rings. The van der Waals surface area contributed by atoms with Crippen LogP contribution in [0.4, 0.5) is 0 Å². The second-order valence-electron chi connectivity index (χ2n) is 9.00. The Bertz CT molecular complexity index is 458. The maximum absolute atomic E-state index is 12.4. The zero-order valence-corrected chi connectivity index (χ0v) is 13.6. The lowest BCUT2D eigenvalue weighted by atomic mass is 9.45. The Morgan fingerprint density at radius 3 is 2.62 bits per heavy atom. The van der Waals surface area contributed by atoms with E-state index in [1.165, 1.54) is 25.7 Å². The van der Waals surface area contributed by atoms with Crippen LogP contribution >= 0.6 is 0 Å². The Hall–Kier alpha value is -0.370. The van der Waals surface area contributed by atoms with E-state index < -0.39 is 0 Å². The molecule has 1 N–H and O–H groups in total. The van der Waals surface area contributed by atoms with E-state index in [0.29, 0.717) is 17.1 Å². The van der Waals surface area contributed by atoms with Crippen molar-refractivity contribution in [2.75, 3.05) is 0 Å². The number of carbonyl (C=O) groups excluding carboxylic acids is 1. The highest BCUT2D eigenvalue weighted by atomic mass is 16.3. The molecule has 0 aliphatic heterocycles. The normalized spacial score (nSPS) is 56.5. The van der Waals surface area contributed by atoms with Gasteiger partial charge in [-0.15, -0.1) is 0 Å². The Morgan fingerprint density at radius 1 is 1.00 bits per heavy atom. The van der Waals surface area contributed by atoms with Gasteiger partial charge in [-0.25, -0.2) is 0 Å². The number of ketones is 1. The van der Waals surface area contributed by atoms with Crippen molar-refractivity contribution in [3.05, 3.63) is 0 Å². The van der Waals surface area contributed by atoms with Crippen LogP contribution in [0.15, 0.2) is 0 Å². The van der Waals surface area contributed by atoms with Crippen molar-refractivity contribution in [3.8, 4) is 0 Å². The van der Waals surface area contributed by atoms with E-state index >= 15 is 0 Å². The SMILES string of the molecule is C[C@@]12CC[C@@H](O)C[C@H]1CC[C@H]1[C@@H]2CC[C@]2(C)C(=O)CC[C@@H]12. The molecule has 4 rings (SSSR count). The summed E-state index contributed by atoms with van der Waals surface area (Å²) in [5, 5.41) is 10.0. The zero-order chi connectivity index (χ0) is 14.8. The highest BCUT2D eigenvalue weighted by Gasteiger charge is 2.60. The van der Waals surface area contributed by atoms with Crippen LogP contribution in [0.2, 0.25) is 0 Å². The second-order valence-corrected chi connectivity index (χ2v) is 9.00. The van der Waals surface area contributed by atoms with Gasteiger partial charge in [-0.05, 0) is 80.5 Å². The summed E-state index contributed by atoms with van der Waals surface area (Å²) in [6.45, 7) is 4.78. The van der Waals surface area contributed by atoms with Crippen LogP contribution in [-0.2, 0) is 4.79 Å². The molecular weight excluding hydrogens is 260 g/mol. The van der Waals surface area contributed by atoms with Crippen LogP contribution in [0.5, 0.6) is 0 Å². The van der Waals surface area contributed by atoms with E-state index in [1.807, 2.05) is 0 Å². The van der Waals surface area contributed by atoms with Gasteiger partial charge in [0.15, 0.2) is 0 Å². The minimum Gasteiger partial charge on any atom is -0.393 e. The van der Waals surface area contributed by atoms with Gasteiger partial charge in [-0.2, -0.15) is 0 Å². The molecule has 4 saturated carbocycles. The van der Waals surface area contributed by atoms with Crippen molar-refractivity contribution in [1.82, 2.24) is 0 Å². The average Bonchev–Trinajstić information content (AvgIpc) is 2.76. The van der Waals surface area contributed by atoms with Gasteiger partial charge in [-0.1, -0.05) is 13.8 Å². The van der Waals surface area contributed by atoms with Crippen molar-refractivity contribution in [1.29, 1.82) is 0 Å². The summed E-state index contributed by atoms with van der Waals surface area (Å²) in [6, 6.07) is 0. The molecule has 0 saturated heterocycles. The van der Waals surface area contributed by atoms with Crippen LogP contribution < -0.4 is 0 Å². The number of carbonyl (C=O) groups is 1. The maximum Gasteiger partial charge on any atom is 0.139 e. The molecule has 0 heterocycles. The van der Waals surface area contributed by atoms with Crippen molar-refractivity contribution in [2.24, 2.45) is 34.5 Å². The number of aliphatic hydroxyl groups is 1. The zero-order valence-electron chi connectivity index (χ0n) is 13.6. The molecule has 0 aromatic heterocycles. The molecule has 4 aliphatic rings. The van der Waals surface area contributed by atoms with Crippen molar-refractivity contribution < 1.29 is 9.90 Å². The predicted molar refractivity (Wildman–Crippen MR) is 82.7 cm³/mol. The summed E-state index contributed by atoms with van der Waals surface area (Å²) in [5.74, 6) is 3.54. The fourth-order valence-corrected chi connectivity index (χ4v) is 7.01. The Morgan fingerprint density at radius 2 is 1.81 bits per heavy atom. The summed E-state index contributed by atoms with van der Waals surface area (Å²) >= 11 is 0. The molecule has 7 atom stereocenters. The van der Waals surface area contributed by atoms with Crippen LogP contribution in [0.1, 0.15) is 71.6 Å².